The molecule has 0 radical (unpaired) electrons. The predicted molar refractivity (Wildman–Crippen MR) is 260 cm³/mol. The van der Waals surface area contributed by atoms with Crippen LogP contribution in [0.3, 0.4) is 0 Å². The van der Waals surface area contributed by atoms with Crippen LogP contribution in [0.1, 0.15) is 201 Å². The first kappa shape index (κ1) is 57.1. The molecule has 0 aliphatic carbocycles. The van der Waals surface area contributed by atoms with E-state index in [4.69, 9.17) is 14.2 Å². The molecule has 6 nitrogen and oxygen atoms in total. The Morgan fingerprint density at radius 2 is 0.721 bits per heavy atom. The molecule has 0 aromatic rings. The Balaban J connectivity index is 4.57. The summed E-state index contributed by atoms with van der Waals surface area (Å²) in [6, 6.07) is 0. The Hall–Kier alpha value is -3.93. The van der Waals surface area contributed by atoms with Crippen molar-refractivity contribution in [3.63, 3.8) is 0 Å². The zero-order chi connectivity index (χ0) is 44.4. The molecule has 0 aromatic heterocycles. The van der Waals surface area contributed by atoms with E-state index in [2.05, 4.69) is 81.5 Å². The van der Waals surface area contributed by atoms with Crippen molar-refractivity contribution in [2.75, 3.05) is 13.2 Å². The number of hydrogen-bond acceptors (Lipinski definition) is 6. The summed E-state index contributed by atoms with van der Waals surface area (Å²) in [5, 5.41) is 0. The molecular formula is C55H88O6. The van der Waals surface area contributed by atoms with Gasteiger partial charge in [-0.05, 0) is 77.0 Å². The number of rotatable bonds is 42. The van der Waals surface area contributed by atoms with E-state index in [0.717, 1.165) is 70.6 Å². The molecule has 0 aromatic carbocycles. The maximum absolute atomic E-state index is 12.7. The van der Waals surface area contributed by atoms with Crippen LogP contribution in [0.25, 0.3) is 0 Å². The number of carbonyl (C=O) groups excluding carboxylic acids is 3. The van der Waals surface area contributed by atoms with E-state index in [-0.39, 0.29) is 44.0 Å². The van der Waals surface area contributed by atoms with Crippen molar-refractivity contribution in [1.29, 1.82) is 0 Å². The third-order valence-electron chi connectivity index (χ3n) is 9.89. The largest absolute Gasteiger partial charge is 0.462 e. The van der Waals surface area contributed by atoms with Crippen LogP contribution in [0.2, 0.25) is 0 Å². The van der Waals surface area contributed by atoms with Gasteiger partial charge in [0.15, 0.2) is 6.10 Å². The molecule has 1 unspecified atom stereocenters. The van der Waals surface area contributed by atoms with Gasteiger partial charge in [-0.25, -0.2) is 0 Å². The maximum atomic E-state index is 12.7. The summed E-state index contributed by atoms with van der Waals surface area (Å²) in [4.78, 5) is 37.8. The van der Waals surface area contributed by atoms with Gasteiger partial charge in [0.2, 0.25) is 0 Å². The zero-order valence-corrected chi connectivity index (χ0v) is 39.1. The van der Waals surface area contributed by atoms with E-state index in [1.807, 2.05) is 48.6 Å². The number of unbranched alkanes of at least 4 members (excludes halogenated alkanes) is 17. The molecule has 0 aliphatic heterocycles. The topological polar surface area (TPSA) is 78.9 Å². The SMILES string of the molecule is CC\C=C/C=C\C=C/C=C\C=C/CCCCCC(=O)OC(COC(=O)CCC/C=C\C/C=C\C/C=C\C/C=C\CCCCC)COC(=O)CCCCCCCCCCCCC. The van der Waals surface area contributed by atoms with E-state index in [0.29, 0.717) is 19.3 Å². The molecule has 0 N–H and O–H groups in total. The molecule has 0 spiro atoms. The molecule has 0 saturated carbocycles. The Kier molecular flexibility index (Phi) is 45.6. The highest BCUT2D eigenvalue weighted by molar-refractivity contribution is 5.71. The van der Waals surface area contributed by atoms with Crippen molar-refractivity contribution in [2.24, 2.45) is 0 Å². The van der Waals surface area contributed by atoms with E-state index in [1.165, 1.54) is 77.0 Å². The lowest BCUT2D eigenvalue weighted by atomic mass is 10.1. The number of hydrogen-bond donors (Lipinski definition) is 0. The Morgan fingerprint density at radius 1 is 0.361 bits per heavy atom. The molecule has 0 amide bonds. The first-order chi connectivity index (χ1) is 30.0. The lowest BCUT2D eigenvalue weighted by Gasteiger charge is -2.18. The third kappa shape index (κ3) is 47.0. The normalized spacial score (nSPS) is 13.0. The molecule has 1 atom stereocenters. The van der Waals surface area contributed by atoms with Crippen molar-refractivity contribution in [3.05, 3.63) is 109 Å². The van der Waals surface area contributed by atoms with E-state index in [9.17, 15) is 14.4 Å². The zero-order valence-electron chi connectivity index (χ0n) is 39.1. The quantitative estimate of drug-likeness (QED) is 0.0200. The van der Waals surface area contributed by atoms with Gasteiger partial charge in [-0.3, -0.25) is 14.4 Å². The lowest BCUT2D eigenvalue weighted by molar-refractivity contribution is -0.167. The van der Waals surface area contributed by atoms with Crippen LogP contribution in [-0.4, -0.2) is 37.2 Å². The summed E-state index contributed by atoms with van der Waals surface area (Å²) >= 11 is 0. The number of esters is 3. The van der Waals surface area contributed by atoms with Crippen molar-refractivity contribution in [2.45, 2.75) is 207 Å². The summed E-state index contributed by atoms with van der Waals surface area (Å²) in [5.41, 5.74) is 0. The van der Waals surface area contributed by atoms with Crippen LogP contribution in [0, 0.1) is 0 Å². The second kappa shape index (κ2) is 48.7. The molecule has 6 heteroatoms. The highest BCUT2D eigenvalue weighted by Gasteiger charge is 2.19. The number of carbonyl (C=O) groups is 3. The van der Waals surface area contributed by atoms with Gasteiger partial charge in [-0.2, -0.15) is 0 Å². The predicted octanol–water partition coefficient (Wildman–Crippen LogP) is 16.0. The van der Waals surface area contributed by atoms with E-state index >= 15 is 0 Å². The van der Waals surface area contributed by atoms with Crippen molar-refractivity contribution in [1.82, 2.24) is 0 Å². The van der Waals surface area contributed by atoms with Gasteiger partial charge in [0, 0.05) is 19.3 Å². The van der Waals surface area contributed by atoms with Gasteiger partial charge in [-0.15, -0.1) is 0 Å². The fraction of sp³-hybridized carbons (Fsp3) is 0.618. The fourth-order valence-corrected chi connectivity index (χ4v) is 6.22. The fourth-order valence-electron chi connectivity index (χ4n) is 6.22. The molecule has 0 heterocycles. The molecule has 0 fully saturated rings. The van der Waals surface area contributed by atoms with Crippen LogP contribution in [0.4, 0.5) is 0 Å². The van der Waals surface area contributed by atoms with Gasteiger partial charge in [-0.1, -0.05) is 214 Å². The molecular weight excluding hydrogens is 757 g/mol. The first-order valence-corrected chi connectivity index (χ1v) is 24.5. The average molecular weight is 845 g/mol. The van der Waals surface area contributed by atoms with Crippen LogP contribution in [-0.2, 0) is 28.6 Å². The van der Waals surface area contributed by atoms with Gasteiger partial charge < -0.3 is 14.2 Å². The minimum atomic E-state index is -0.821. The van der Waals surface area contributed by atoms with Gasteiger partial charge in [0.05, 0.1) is 0 Å². The lowest BCUT2D eigenvalue weighted by Crippen LogP contribution is -2.30. The molecule has 0 aliphatic rings. The van der Waals surface area contributed by atoms with Crippen LogP contribution in [0.15, 0.2) is 109 Å². The standard InChI is InChI=1S/C55H88O6/c1-4-7-10-13-16-19-22-24-26-27-29-30-33-36-39-42-45-48-54(57)60-51-52(50-59-53(56)47-44-41-38-35-32-21-18-15-12-9-6-3)61-55(58)49-46-43-40-37-34-31-28-25-23-20-17-14-11-8-5-2/h8,11,14,16-17,19-20,23-26,28-31,34,36,39,52H,4-7,9-10,12-13,15,18,21-22,27,32-33,35,37-38,40-51H2,1-3H3/b11-8-,17-14-,19-16-,23-20-,26-24-,28-25-,30-29-,34-31-,39-36-. The highest BCUT2D eigenvalue weighted by atomic mass is 16.6. The van der Waals surface area contributed by atoms with E-state index < -0.39 is 6.10 Å². The van der Waals surface area contributed by atoms with Crippen molar-refractivity contribution < 1.29 is 28.6 Å². The summed E-state index contributed by atoms with van der Waals surface area (Å²) in [5.74, 6) is -1.02. The number of ether oxygens (including phenoxy) is 3. The summed E-state index contributed by atoms with van der Waals surface area (Å²) in [6.45, 7) is 6.35. The Labute approximate surface area is 374 Å². The van der Waals surface area contributed by atoms with Crippen molar-refractivity contribution >= 4 is 17.9 Å². The Morgan fingerprint density at radius 3 is 1.25 bits per heavy atom. The molecule has 61 heavy (non-hydrogen) atoms. The average Bonchev–Trinajstić information content (AvgIpc) is 3.26. The smallest absolute Gasteiger partial charge is 0.306 e. The van der Waals surface area contributed by atoms with Crippen LogP contribution in [0.5, 0.6) is 0 Å². The van der Waals surface area contributed by atoms with Gasteiger partial charge >= 0.3 is 17.9 Å². The van der Waals surface area contributed by atoms with E-state index in [1.54, 1.807) is 0 Å². The highest BCUT2D eigenvalue weighted by Crippen LogP contribution is 2.13. The molecule has 344 valence electrons. The molecule has 0 bridgehead atoms. The van der Waals surface area contributed by atoms with Gasteiger partial charge in [0.25, 0.3) is 0 Å². The maximum Gasteiger partial charge on any atom is 0.306 e. The molecule has 0 saturated heterocycles. The minimum absolute atomic E-state index is 0.113. The summed E-state index contributed by atoms with van der Waals surface area (Å²) in [7, 11) is 0. The monoisotopic (exact) mass is 845 g/mol. The van der Waals surface area contributed by atoms with Gasteiger partial charge in [0.1, 0.15) is 13.2 Å². The first-order valence-electron chi connectivity index (χ1n) is 24.5. The molecule has 0 rings (SSSR count). The van der Waals surface area contributed by atoms with Crippen LogP contribution >= 0.6 is 0 Å². The third-order valence-corrected chi connectivity index (χ3v) is 9.89. The second-order valence-electron chi connectivity index (χ2n) is 15.8. The minimum Gasteiger partial charge on any atom is -0.462 e. The van der Waals surface area contributed by atoms with Crippen molar-refractivity contribution in [3.8, 4) is 0 Å². The Bertz CT molecular complexity index is 1290. The number of allylic oxidation sites excluding steroid dienone is 18. The summed E-state index contributed by atoms with van der Waals surface area (Å²) < 4.78 is 16.7. The summed E-state index contributed by atoms with van der Waals surface area (Å²) in [6.07, 6.45) is 65.0. The second-order valence-corrected chi connectivity index (χ2v) is 15.8. The van der Waals surface area contributed by atoms with Crippen LogP contribution < -0.4 is 0 Å².